The average Bonchev–Trinajstić information content (AvgIpc) is 2.82. The molecule has 1 saturated heterocycles. The number of likely N-dealkylation sites (N-methyl/N-ethyl adjacent to an activating group) is 1. The molecule has 98 valence electrons. The molecule has 1 aromatic rings. The van der Waals surface area contributed by atoms with Crippen molar-refractivity contribution >= 4 is 11.6 Å². The first-order valence-corrected chi connectivity index (χ1v) is 5.94. The van der Waals surface area contributed by atoms with Crippen molar-refractivity contribution in [1.29, 1.82) is 0 Å². The van der Waals surface area contributed by atoms with Crippen molar-refractivity contribution in [3.05, 3.63) is 29.6 Å². The first-order valence-electron chi connectivity index (χ1n) is 5.94. The molecule has 2 rings (SSSR count). The van der Waals surface area contributed by atoms with Crippen LogP contribution in [0.15, 0.2) is 18.2 Å². The van der Waals surface area contributed by atoms with E-state index in [9.17, 15) is 9.18 Å². The summed E-state index contributed by atoms with van der Waals surface area (Å²) < 4.78 is 18.6. The Morgan fingerprint density at radius 1 is 1.44 bits per heavy atom. The number of benzene rings is 1. The van der Waals surface area contributed by atoms with Crippen molar-refractivity contribution < 1.29 is 13.9 Å². The highest BCUT2D eigenvalue weighted by atomic mass is 19.1. The number of nitrogens with one attached hydrogen (secondary N) is 2. The van der Waals surface area contributed by atoms with Crippen LogP contribution in [0.25, 0.3) is 0 Å². The van der Waals surface area contributed by atoms with E-state index in [1.54, 1.807) is 26.1 Å². The third-order valence-electron chi connectivity index (χ3n) is 3.23. The van der Waals surface area contributed by atoms with Crippen molar-refractivity contribution in [3.8, 4) is 0 Å². The Morgan fingerprint density at radius 3 is 2.89 bits per heavy atom. The maximum Gasteiger partial charge on any atom is 0.231 e. The summed E-state index contributed by atoms with van der Waals surface area (Å²) in [6.07, 6.45) is 0. The predicted molar refractivity (Wildman–Crippen MR) is 66.9 cm³/mol. The van der Waals surface area contributed by atoms with Crippen LogP contribution in [0.3, 0.4) is 0 Å². The van der Waals surface area contributed by atoms with Gasteiger partial charge in [-0.05, 0) is 31.7 Å². The third-order valence-corrected chi connectivity index (χ3v) is 3.23. The zero-order valence-corrected chi connectivity index (χ0v) is 10.5. The first kappa shape index (κ1) is 13.0. The minimum atomic E-state index is -0.319. The number of amides is 1. The Bertz CT molecular complexity index is 451. The number of rotatable bonds is 3. The maximum absolute atomic E-state index is 13.4. The monoisotopic (exact) mass is 252 g/mol. The van der Waals surface area contributed by atoms with Crippen molar-refractivity contribution in [3.63, 3.8) is 0 Å². The van der Waals surface area contributed by atoms with Gasteiger partial charge in [0.2, 0.25) is 5.91 Å². The molecule has 0 saturated carbocycles. The summed E-state index contributed by atoms with van der Waals surface area (Å²) in [5.41, 5.74) is 1.04. The number of hydrogen-bond donors (Lipinski definition) is 2. The van der Waals surface area contributed by atoms with Gasteiger partial charge in [-0.1, -0.05) is 6.07 Å². The van der Waals surface area contributed by atoms with Gasteiger partial charge in [0.05, 0.1) is 19.1 Å². The van der Waals surface area contributed by atoms with E-state index in [1.165, 1.54) is 6.07 Å². The molecule has 1 aliphatic heterocycles. The highest BCUT2D eigenvalue weighted by molar-refractivity contribution is 5.93. The molecular weight excluding hydrogens is 235 g/mol. The molecule has 1 fully saturated rings. The molecule has 2 N–H and O–H groups in total. The lowest BCUT2D eigenvalue weighted by molar-refractivity contribution is -0.120. The predicted octanol–water partition coefficient (Wildman–Crippen LogP) is 1.31. The number of hydrogen-bond acceptors (Lipinski definition) is 3. The van der Waals surface area contributed by atoms with E-state index in [-0.39, 0.29) is 23.7 Å². The summed E-state index contributed by atoms with van der Waals surface area (Å²) in [6, 6.07) is 4.68. The number of carbonyl (C=O) groups is 1. The number of aryl methyl sites for hydroxylation is 1. The fourth-order valence-electron chi connectivity index (χ4n) is 2.00. The van der Waals surface area contributed by atoms with Crippen molar-refractivity contribution in [2.24, 2.45) is 5.92 Å². The zero-order valence-electron chi connectivity index (χ0n) is 10.5. The minimum Gasteiger partial charge on any atom is -0.379 e. The summed E-state index contributed by atoms with van der Waals surface area (Å²) in [5, 5.41) is 5.76. The van der Waals surface area contributed by atoms with Gasteiger partial charge >= 0.3 is 0 Å². The molecule has 2 unspecified atom stereocenters. The SMILES string of the molecule is CNC1COCC1C(=O)Nc1ccc(C)c(F)c1. The van der Waals surface area contributed by atoms with Crippen LogP contribution in [-0.4, -0.2) is 32.2 Å². The van der Waals surface area contributed by atoms with Crippen LogP contribution >= 0.6 is 0 Å². The number of carbonyl (C=O) groups excluding carboxylic acids is 1. The molecule has 2 atom stereocenters. The molecule has 1 amide bonds. The molecule has 0 aliphatic carbocycles. The van der Waals surface area contributed by atoms with Gasteiger partial charge < -0.3 is 15.4 Å². The molecule has 0 bridgehead atoms. The van der Waals surface area contributed by atoms with Gasteiger partial charge in [0, 0.05) is 11.7 Å². The average molecular weight is 252 g/mol. The summed E-state index contributed by atoms with van der Waals surface area (Å²) >= 11 is 0. The molecular formula is C13H17FN2O2. The standard InChI is InChI=1S/C13H17FN2O2/c1-8-3-4-9(5-11(8)14)16-13(17)10-6-18-7-12(10)15-2/h3-5,10,12,15H,6-7H2,1-2H3,(H,16,17). The second-order valence-electron chi connectivity index (χ2n) is 4.49. The summed E-state index contributed by atoms with van der Waals surface area (Å²) in [5.74, 6) is -0.699. The summed E-state index contributed by atoms with van der Waals surface area (Å²) in [4.78, 5) is 12.0. The molecule has 18 heavy (non-hydrogen) atoms. The number of halogens is 1. The van der Waals surface area contributed by atoms with Gasteiger partial charge in [-0.25, -0.2) is 4.39 Å². The van der Waals surface area contributed by atoms with Gasteiger partial charge in [-0.2, -0.15) is 0 Å². The van der Waals surface area contributed by atoms with E-state index >= 15 is 0 Å². The largest absolute Gasteiger partial charge is 0.379 e. The van der Waals surface area contributed by atoms with E-state index in [0.717, 1.165) is 0 Å². The van der Waals surface area contributed by atoms with Crippen molar-refractivity contribution in [2.45, 2.75) is 13.0 Å². The molecule has 0 aromatic heterocycles. The topological polar surface area (TPSA) is 50.4 Å². The van der Waals surface area contributed by atoms with Crippen LogP contribution < -0.4 is 10.6 Å². The highest BCUT2D eigenvalue weighted by Gasteiger charge is 2.32. The molecule has 5 heteroatoms. The second-order valence-corrected chi connectivity index (χ2v) is 4.49. The van der Waals surface area contributed by atoms with Crippen molar-refractivity contribution in [1.82, 2.24) is 5.32 Å². The van der Waals surface area contributed by atoms with E-state index in [1.807, 2.05) is 0 Å². The molecule has 4 nitrogen and oxygen atoms in total. The Hall–Kier alpha value is -1.46. The van der Waals surface area contributed by atoms with Gasteiger partial charge in [-0.15, -0.1) is 0 Å². The molecule has 0 radical (unpaired) electrons. The smallest absolute Gasteiger partial charge is 0.231 e. The number of anilines is 1. The van der Waals surface area contributed by atoms with E-state index in [2.05, 4.69) is 10.6 Å². The summed E-state index contributed by atoms with van der Waals surface area (Å²) in [6.45, 7) is 2.60. The Morgan fingerprint density at radius 2 is 2.22 bits per heavy atom. The Balaban J connectivity index is 2.04. The second kappa shape index (κ2) is 5.46. The van der Waals surface area contributed by atoms with Crippen LogP contribution in [0.4, 0.5) is 10.1 Å². The van der Waals surface area contributed by atoms with Crippen LogP contribution in [0.2, 0.25) is 0 Å². The molecule has 1 aliphatic rings. The normalized spacial score (nSPS) is 23.1. The molecule has 0 spiro atoms. The van der Waals surface area contributed by atoms with E-state index in [4.69, 9.17) is 4.74 Å². The lowest BCUT2D eigenvalue weighted by Gasteiger charge is -2.16. The lowest BCUT2D eigenvalue weighted by atomic mass is 10.0. The minimum absolute atomic E-state index is 0.0142. The lowest BCUT2D eigenvalue weighted by Crippen LogP contribution is -2.39. The third kappa shape index (κ3) is 2.68. The fourth-order valence-corrected chi connectivity index (χ4v) is 2.00. The zero-order chi connectivity index (χ0) is 13.1. The van der Waals surface area contributed by atoms with Gasteiger partial charge in [0.25, 0.3) is 0 Å². The van der Waals surface area contributed by atoms with Crippen LogP contribution in [0, 0.1) is 18.7 Å². The van der Waals surface area contributed by atoms with Crippen LogP contribution in [0.1, 0.15) is 5.56 Å². The Labute approximate surface area is 106 Å². The van der Waals surface area contributed by atoms with Gasteiger partial charge in [-0.3, -0.25) is 4.79 Å². The fraction of sp³-hybridized carbons (Fsp3) is 0.462. The highest BCUT2D eigenvalue weighted by Crippen LogP contribution is 2.18. The summed E-state index contributed by atoms with van der Waals surface area (Å²) in [7, 11) is 1.80. The van der Waals surface area contributed by atoms with Crippen LogP contribution in [-0.2, 0) is 9.53 Å². The number of ether oxygens (including phenoxy) is 1. The van der Waals surface area contributed by atoms with E-state index < -0.39 is 0 Å². The van der Waals surface area contributed by atoms with Crippen LogP contribution in [0.5, 0.6) is 0 Å². The van der Waals surface area contributed by atoms with Gasteiger partial charge in [0.15, 0.2) is 0 Å². The van der Waals surface area contributed by atoms with E-state index in [0.29, 0.717) is 24.5 Å². The molecule has 1 heterocycles. The Kier molecular flexibility index (Phi) is 3.93. The van der Waals surface area contributed by atoms with Gasteiger partial charge in [0.1, 0.15) is 5.82 Å². The quantitative estimate of drug-likeness (QED) is 0.852. The molecule has 1 aromatic carbocycles. The maximum atomic E-state index is 13.4. The van der Waals surface area contributed by atoms with Crippen molar-refractivity contribution in [2.75, 3.05) is 25.6 Å². The first-order chi connectivity index (χ1) is 8.61.